The molecule has 1 amide bonds. The minimum absolute atomic E-state index is 0.0369. The molecule has 23 heavy (non-hydrogen) atoms. The minimum atomic E-state index is -4.30. The number of halogens is 3. The molecule has 1 fully saturated rings. The van der Waals surface area contributed by atoms with Gasteiger partial charge in [-0.1, -0.05) is 12.1 Å². The summed E-state index contributed by atoms with van der Waals surface area (Å²) in [6.45, 7) is 0.863. The number of carbonyl (C=O) groups excluding carboxylic acids is 1. The van der Waals surface area contributed by atoms with Crippen molar-refractivity contribution in [3.05, 3.63) is 23.8 Å². The highest BCUT2D eigenvalue weighted by atomic mass is 19.4. The summed E-state index contributed by atoms with van der Waals surface area (Å²) in [6.07, 6.45) is -5.17. The molecule has 0 unspecified atom stereocenters. The molecule has 0 aliphatic carbocycles. The predicted molar refractivity (Wildman–Crippen MR) is 78.8 cm³/mol. The Morgan fingerprint density at radius 1 is 1.30 bits per heavy atom. The first kappa shape index (κ1) is 17.4. The Morgan fingerprint density at radius 3 is 2.65 bits per heavy atom. The molecule has 1 aromatic rings. The highest BCUT2D eigenvalue weighted by Crippen LogP contribution is 2.39. The van der Waals surface area contributed by atoms with E-state index < -0.39 is 24.9 Å². The van der Waals surface area contributed by atoms with Gasteiger partial charge in [-0.3, -0.25) is 4.79 Å². The van der Waals surface area contributed by atoms with Gasteiger partial charge in [0.25, 0.3) is 0 Å². The lowest BCUT2D eigenvalue weighted by molar-refractivity contribution is -0.148. The number of ether oxygens (including phenoxy) is 2. The molecular weight excluding hydrogens is 311 g/mol. The van der Waals surface area contributed by atoms with Crippen molar-refractivity contribution in [2.45, 2.75) is 31.4 Å². The van der Waals surface area contributed by atoms with Crippen LogP contribution < -0.4 is 9.47 Å². The van der Waals surface area contributed by atoms with Crippen LogP contribution in [0.2, 0.25) is 0 Å². The van der Waals surface area contributed by atoms with Gasteiger partial charge in [0.1, 0.15) is 0 Å². The van der Waals surface area contributed by atoms with Crippen LogP contribution in [0.25, 0.3) is 0 Å². The van der Waals surface area contributed by atoms with Crippen molar-refractivity contribution in [1.82, 2.24) is 4.90 Å². The third kappa shape index (κ3) is 4.30. The molecule has 0 spiro atoms. The molecule has 0 radical (unpaired) electrons. The number of amides is 1. The van der Waals surface area contributed by atoms with Crippen LogP contribution in [0.3, 0.4) is 0 Å². The van der Waals surface area contributed by atoms with E-state index in [1.807, 2.05) is 12.1 Å². The highest BCUT2D eigenvalue weighted by Gasteiger charge is 2.33. The summed E-state index contributed by atoms with van der Waals surface area (Å²) in [5.74, 6) is 0.804. The first-order valence-electron chi connectivity index (χ1n) is 7.41. The van der Waals surface area contributed by atoms with Gasteiger partial charge in [0.15, 0.2) is 11.5 Å². The van der Waals surface area contributed by atoms with Crippen LogP contribution in [0, 0.1) is 0 Å². The number of carbonyl (C=O) groups is 1. The van der Waals surface area contributed by atoms with Crippen LogP contribution in [-0.4, -0.2) is 44.3 Å². The molecule has 0 aromatic heterocycles. The zero-order valence-electron chi connectivity index (χ0n) is 13.2. The molecule has 1 aliphatic heterocycles. The van der Waals surface area contributed by atoms with E-state index in [1.165, 1.54) is 4.90 Å². The maximum atomic E-state index is 12.2. The van der Waals surface area contributed by atoms with Crippen LogP contribution in [0.4, 0.5) is 13.2 Å². The van der Waals surface area contributed by atoms with Crippen molar-refractivity contribution < 1.29 is 27.4 Å². The maximum Gasteiger partial charge on any atom is 0.389 e. The molecule has 4 nitrogen and oxygen atoms in total. The molecule has 0 bridgehead atoms. The Bertz CT molecular complexity index is 560. The van der Waals surface area contributed by atoms with Crippen molar-refractivity contribution in [2.24, 2.45) is 0 Å². The lowest BCUT2D eigenvalue weighted by Gasteiger charge is -2.19. The number of methoxy groups -OCH3 is 2. The largest absolute Gasteiger partial charge is 0.493 e. The van der Waals surface area contributed by atoms with Crippen LogP contribution in [0.15, 0.2) is 18.2 Å². The van der Waals surface area contributed by atoms with Crippen LogP contribution in [0.5, 0.6) is 11.5 Å². The van der Waals surface area contributed by atoms with Crippen molar-refractivity contribution in [1.29, 1.82) is 0 Å². The second-order valence-electron chi connectivity index (χ2n) is 5.52. The molecule has 128 valence electrons. The minimum Gasteiger partial charge on any atom is -0.493 e. The highest BCUT2D eigenvalue weighted by molar-refractivity contribution is 5.76. The molecular formula is C16H20F3NO3. The molecule has 7 heteroatoms. The van der Waals surface area contributed by atoms with E-state index in [2.05, 4.69) is 0 Å². The zero-order valence-corrected chi connectivity index (χ0v) is 13.2. The van der Waals surface area contributed by atoms with Crippen molar-refractivity contribution in [3.63, 3.8) is 0 Å². The molecule has 1 aliphatic rings. The van der Waals surface area contributed by atoms with E-state index in [0.717, 1.165) is 5.56 Å². The number of rotatable bonds is 5. The number of hydrogen-bond donors (Lipinski definition) is 0. The molecule has 1 atom stereocenters. The molecule has 0 N–H and O–H groups in total. The number of benzene rings is 1. The molecule has 1 saturated heterocycles. The summed E-state index contributed by atoms with van der Waals surface area (Å²) >= 11 is 0. The number of alkyl halides is 3. The number of nitrogens with zero attached hydrogens (tertiary/aromatic N) is 1. The van der Waals surface area contributed by atoms with Gasteiger partial charge in [0.05, 0.1) is 20.6 Å². The fourth-order valence-electron chi connectivity index (χ4n) is 2.88. The summed E-state index contributed by atoms with van der Waals surface area (Å²) in [6, 6.07) is 5.52. The van der Waals surface area contributed by atoms with Gasteiger partial charge < -0.3 is 14.4 Å². The predicted octanol–water partition coefficient (Wildman–Crippen LogP) is 3.36. The normalized spacial score (nSPS) is 18.1. The Morgan fingerprint density at radius 2 is 2.04 bits per heavy atom. The van der Waals surface area contributed by atoms with E-state index in [9.17, 15) is 18.0 Å². The third-order valence-corrected chi connectivity index (χ3v) is 4.04. The Kier molecular flexibility index (Phi) is 5.38. The van der Waals surface area contributed by atoms with Gasteiger partial charge in [0.2, 0.25) is 5.91 Å². The Balaban J connectivity index is 2.04. The Labute approximate surface area is 133 Å². The lowest BCUT2D eigenvalue weighted by atomic mass is 9.97. The zero-order chi connectivity index (χ0) is 17.0. The average molecular weight is 331 g/mol. The van der Waals surface area contributed by atoms with Gasteiger partial charge in [-0.25, -0.2) is 0 Å². The monoisotopic (exact) mass is 331 g/mol. The van der Waals surface area contributed by atoms with Crippen molar-refractivity contribution in [2.75, 3.05) is 27.3 Å². The average Bonchev–Trinajstić information content (AvgIpc) is 3.00. The van der Waals surface area contributed by atoms with Gasteiger partial charge >= 0.3 is 6.18 Å². The lowest BCUT2D eigenvalue weighted by Crippen LogP contribution is -2.29. The second-order valence-corrected chi connectivity index (χ2v) is 5.52. The molecule has 2 rings (SSSR count). The van der Waals surface area contributed by atoms with E-state index in [4.69, 9.17) is 9.47 Å². The fourth-order valence-corrected chi connectivity index (χ4v) is 2.88. The maximum absolute atomic E-state index is 12.2. The topological polar surface area (TPSA) is 38.8 Å². The SMILES string of the molecule is COc1cccc([C@@H]2CCN(C(=O)CCC(F)(F)F)C2)c1OC. The van der Waals surface area contributed by atoms with Gasteiger partial charge in [-0.2, -0.15) is 13.2 Å². The smallest absolute Gasteiger partial charge is 0.389 e. The first-order chi connectivity index (χ1) is 10.9. The summed E-state index contributed by atoms with van der Waals surface area (Å²) in [5.41, 5.74) is 0.915. The molecule has 0 saturated carbocycles. The molecule has 1 aromatic carbocycles. The standard InChI is InChI=1S/C16H20F3NO3/c1-22-13-5-3-4-12(15(13)23-2)11-7-9-20(10-11)14(21)6-8-16(17,18)19/h3-5,11H,6-10H2,1-2H3/t11-/m1/s1. The number of likely N-dealkylation sites (tertiary alicyclic amines) is 1. The summed E-state index contributed by atoms with van der Waals surface area (Å²) in [7, 11) is 3.09. The van der Waals surface area contributed by atoms with E-state index in [0.29, 0.717) is 31.0 Å². The summed E-state index contributed by atoms with van der Waals surface area (Å²) < 4.78 is 47.3. The van der Waals surface area contributed by atoms with Gasteiger partial charge in [-0.15, -0.1) is 0 Å². The van der Waals surface area contributed by atoms with Crippen LogP contribution in [0.1, 0.15) is 30.7 Å². The van der Waals surface area contributed by atoms with Gasteiger partial charge in [-0.05, 0) is 12.5 Å². The van der Waals surface area contributed by atoms with Crippen LogP contribution in [-0.2, 0) is 4.79 Å². The van der Waals surface area contributed by atoms with Crippen LogP contribution >= 0.6 is 0 Å². The molecule has 1 heterocycles. The van der Waals surface area contributed by atoms with Crippen molar-refractivity contribution >= 4 is 5.91 Å². The number of hydrogen-bond acceptors (Lipinski definition) is 3. The van der Waals surface area contributed by atoms with E-state index in [-0.39, 0.29) is 5.92 Å². The van der Waals surface area contributed by atoms with Crippen molar-refractivity contribution in [3.8, 4) is 11.5 Å². The third-order valence-electron chi connectivity index (χ3n) is 4.04. The van der Waals surface area contributed by atoms with E-state index >= 15 is 0 Å². The first-order valence-corrected chi connectivity index (χ1v) is 7.41. The number of para-hydroxylation sites is 1. The van der Waals surface area contributed by atoms with E-state index in [1.54, 1.807) is 20.3 Å². The summed E-state index contributed by atoms with van der Waals surface area (Å²) in [5, 5.41) is 0. The fraction of sp³-hybridized carbons (Fsp3) is 0.562. The quantitative estimate of drug-likeness (QED) is 0.830. The van der Waals surface area contributed by atoms with Gasteiger partial charge in [0, 0.05) is 31.0 Å². The Hall–Kier alpha value is -1.92. The second kappa shape index (κ2) is 7.10. The summed E-state index contributed by atoms with van der Waals surface area (Å²) in [4.78, 5) is 13.4.